The minimum Gasteiger partial charge on any atom is -0.326 e. The Kier molecular flexibility index (Phi) is 3.75. The van der Waals surface area contributed by atoms with Crippen LogP contribution < -0.4 is 10.6 Å². The third-order valence-corrected chi connectivity index (χ3v) is 4.88. The highest BCUT2D eigenvalue weighted by molar-refractivity contribution is 14.1. The highest BCUT2D eigenvalue weighted by atomic mass is 127. The Morgan fingerprint density at radius 2 is 2.15 bits per heavy atom. The molecule has 4 nitrogen and oxygen atoms in total. The fourth-order valence-electron chi connectivity index (χ4n) is 2.09. The number of rotatable bonds is 2. The van der Waals surface area contributed by atoms with Crippen LogP contribution in [0.1, 0.15) is 22.3 Å². The lowest BCUT2D eigenvalue weighted by Gasteiger charge is -2.17. The van der Waals surface area contributed by atoms with Gasteiger partial charge in [0.1, 0.15) is 0 Å². The highest BCUT2D eigenvalue weighted by Gasteiger charge is 2.15. The van der Waals surface area contributed by atoms with E-state index in [4.69, 9.17) is 0 Å². The summed E-state index contributed by atoms with van der Waals surface area (Å²) in [6.07, 6.45) is 1.20. The Labute approximate surface area is 133 Å². The summed E-state index contributed by atoms with van der Waals surface area (Å²) in [5.41, 5.74) is 3.32. The molecule has 0 fully saturated rings. The van der Waals surface area contributed by atoms with Crippen molar-refractivity contribution in [3.05, 3.63) is 43.7 Å². The summed E-state index contributed by atoms with van der Waals surface area (Å²) in [6, 6.07) is 7.42. The fourth-order valence-corrected chi connectivity index (χ4v) is 3.42. The molecule has 1 aromatic carbocycles. The van der Waals surface area contributed by atoms with Crippen molar-refractivity contribution >= 4 is 57.1 Å². The molecule has 0 bridgehead atoms. The monoisotopic (exact) mass is 398 g/mol. The molecule has 3 rings (SSSR count). The molecule has 2 aromatic rings. The predicted molar refractivity (Wildman–Crippen MR) is 88.4 cm³/mol. The van der Waals surface area contributed by atoms with Crippen LogP contribution in [0.25, 0.3) is 0 Å². The minimum atomic E-state index is -0.107. The van der Waals surface area contributed by atoms with Gasteiger partial charge in [-0.05, 0) is 58.8 Å². The molecule has 6 heteroatoms. The van der Waals surface area contributed by atoms with Crippen LogP contribution in [-0.4, -0.2) is 11.8 Å². The van der Waals surface area contributed by atoms with Gasteiger partial charge in [-0.15, -0.1) is 11.3 Å². The van der Waals surface area contributed by atoms with Crippen LogP contribution in [0.4, 0.5) is 11.4 Å². The van der Waals surface area contributed by atoms with Crippen molar-refractivity contribution in [1.82, 2.24) is 0 Å². The standard InChI is InChI=1S/C14H11IN2O2S/c15-12-6-9(7-20-12)14(19)16-10-2-3-11-8(5-10)1-4-13(18)17-11/h2-3,5-7H,1,4H2,(H,16,19)(H,17,18). The fraction of sp³-hybridized carbons (Fsp3) is 0.143. The van der Waals surface area contributed by atoms with Crippen molar-refractivity contribution in [2.24, 2.45) is 0 Å². The van der Waals surface area contributed by atoms with E-state index in [0.717, 1.165) is 19.8 Å². The number of carbonyl (C=O) groups is 2. The van der Waals surface area contributed by atoms with Crippen molar-refractivity contribution in [2.75, 3.05) is 10.6 Å². The Balaban J connectivity index is 1.78. The normalized spacial score (nSPS) is 13.6. The third-order valence-electron chi connectivity index (χ3n) is 3.09. The maximum atomic E-state index is 12.1. The average Bonchev–Trinajstić information content (AvgIpc) is 2.86. The summed E-state index contributed by atoms with van der Waals surface area (Å²) in [7, 11) is 0. The van der Waals surface area contributed by atoms with Crippen LogP contribution >= 0.6 is 33.9 Å². The van der Waals surface area contributed by atoms with E-state index in [0.29, 0.717) is 18.4 Å². The molecular formula is C14H11IN2O2S. The third kappa shape index (κ3) is 2.85. The van der Waals surface area contributed by atoms with Gasteiger partial charge in [-0.25, -0.2) is 0 Å². The van der Waals surface area contributed by atoms with Crippen molar-refractivity contribution in [3.8, 4) is 0 Å². The second-order valence-corrected chi connectivity index (χ2v) is 7.32. The minimum absolute atomic E-state index is 0.0436. The lowest BCUT2D eigenvalue weighted by Crippen LogP contribution is -2.19. The van der Waals surface area contributed by atoms with Crippen molar-refractivity contribution in [2.45, 2.75) is 12.8 Å². The molecule has 0 saturated carbocycles. The van der Waals surface area contributed by atoms with Gasteiger partial charge in [0.05, 0.1) is 8.45 Å². The number of carbonyl (C=O) groups excluding carboxylic acids is 2. The van der Waals surface area contributed by atoms with E-state index in [-0.39, 0.29) is 11.8 Å². The number of thiophene rings is 1. The molecule has 0 radical (unpaired) electrons. The topological polar surface area (TPSA) is 58.2 Å². The zero-order chi connectivity index (χ0) is 14.1. The number of anilines is 2. The first kappa shape index (κ1) is 13.6. The van der Waals surface area contributed by atoms with E-state index in [1.54, 1.807) is 17.4 Å². The van der Waals surface area contributed by atoms with Gasteiger partial charge < -0.3 is 10.6 Å². The Hall–Kier alpha value is -1.41. The zero-order valence-corrected chi connectivity index (χ0v) is 13.4. The van der Waals surface area contributed by atoms with E-state index < -0.39 is 0 Å². The van der Waals surface area contributed by atoms with Gasteiger partial charge >= 0.3 is 0 Å². The van der Waals surface area contributed by atoms with Crippen molar-refractivity contribution in [3.63, 3.8) is 0 Å². The first-order chi connectivity index (χ1) is 9.61. The summed E-state index contributed by atoms with van der Waals surface area (Å²) >= 11 is 3.74. The zero-order valence-electron chi connectivity index (χ0n) is 10.4. The molecule has 0 aliphatic carbocycles. The van der Waals surface area contributed by atoms with Gasteiger partial charge in [0.2, 0.25) is 5.91 Å². The van der Waals surface area contributed by atoms with E-state index in [9.17, 15) is 9.59 Å². The summed E-state index contributed by atoms with van der Waals surface area (Å²) < 4.78 is 1.08. The van der Waals surface area contributed by atoms with E-state index in [1.165, 1.54) is 0 Å². The van der Waals surface area contributed by atoms with Gasteiger partial charge in [-0.2, -0.15) is 0 Å². The van der Waals surface area contributed by atoms with Crippen LogP contribution in [0.15, 0.2) is 29.6 Å². The first-order valence-corrected chi connectivity index (χ1v) is 8.06. The largest absolute Gasteiger partial charge is 0.326 e. The van der Waals surface area contributed by atoms with Gasteiger partial charge in [-0.3, -0.25) is 9.59 Å². The van der Waals surface area contributed by atoms with Crippen molar-refractivity contribution < 1.29 is 9.59 Å². The number of aryl methyl sites for hydroxylation is 1. The molecular weight excluding hydrogens is 387 g/mol. The lowest BCUT2D eigenvalue weighted by atomic mass is 10.0. The summed E-state index contributed by atoms with van der Waals surface area (Å²) in [5.74, 6) is -0.0638. The van der Waals surface area contributed by atoms with Gasteiger partial charge in [-0.1, -0.05) is 0 Å². The second-order valence-electron chi connectivity index (χ2n) is 4.51. The Morgan fingerprint density at radius 1 is 1.30 bits per heavy atom. The molecule has 1 aromatic heterocycles. The molecule has 1 aliphatic rings. The molecule has 0 atom stereocenters. The molecule has 0 unspecified atom stereocenters. The number of benzene rings is 1. The molecule has 0 saturated heterocycles. The molecule has 0 spiro atoms. The molecule has 102 valence electrons. The predicted octanol–water partition coefficient (Wildman–Crippen LogP) is 3.49. The molecule has 2 amide bonds. The van der Waals surface area contributed by atoms with Crippen LogP contribution in [0.5, 0.6) is 0 Å². The molecule has 2 heterocycles. The van der Waals surface area contributed by atoms with Gasteiger partial charge in [0, 0.05) is 23.2 Å². The number of halogens is 1. The van der Waals surface area contributed by atoms with Crippen LogP contribution in [0.3, 0.4) is 0 Å². The number of fused-ring (bicyclic) bond motifs is 1. The Morgan fingerprint density at radius 3 is 2.90 bits per heavy atom. The van der Waals surface area contributed by atoms with Crippen LogP contribution in [0.2, 0.25) is 0 Å². The number of amides is 2. The maximum absolute atomic E-state index is 12.1. The summed E-state index contributed by atoms with van der Waals surface area (Å²) in [6.45, 7) is 0. The van der Waals surface area contributed by atoms with Crippen LogP contribution in [0, 0.1) is 2.88 Å². The molecule has 1 aliphatic heterocycles. The van der Waals surface area contributed by atoms with E-state index in [1.807, 2.05) is 23.6 Å². The molecule has 2 N–H and O–H groups in total. The highest BCUT2D eigenvalue weighted by Crippen LogP contribution is 2.26. The van der Waals surface area contributed by atoms with Gasteiger partial charge in [0.25, 0.3) is 5.91 Å². The van der Waals surface area contributed by atoms with E-state index >= 15 is 0 Å². The van der Waals surface area contributed by atoms with E-state index in [2.05, 4.69) is 33.2 Å². The SMILES string of the molecule is O=C1CCc2cc(NC(=O)c3csc(I)c3)ccc2N1. The smallest absolute Gasteiger partial charge is 0.256 e. The maximum Gasteiger partial charge on any atom is 0.256 e. The molecule has 20 heavy (non-hydrogen) atoms. The van der Waals surface area contributed by atoms with Gasteiger partial charge in [0.15, 0.2) is 0 Å². The number of nitrogens with one attached hydrogen (secondary N) is 2. The quantitative estimate of drug-likeness (QED) is 0.762. The lowest BCUT2D eigenvalue weighted by molar-refractivity contribution is -0.116. The summed E-state index contributed by atoms with van der Waals surface area (Å²) in [5, 5.41) is 7.55. The second kappa shape index (κ2) is 5.53. The first-order valence-electron chi connectivity index (χ1n) is 6.10. The average molecular weight is 398 g/mol. The van der Waals surface area contributed by atoms with Crippen LogP contribution in [-0.2, 0) is 11.2 Å². The number of hydrogen-bond donors (Lipinski definition) is 2. The Bertz CT molecular complexity index is 696. The number of hydrogen-bond acceptors (Lipinski definition) is 3. The summed E-state index contributed by atoms with van der Waals surface area (Å²) in [4.78, 5) is 23.4. The van der Waals surface area contributed by atoms with Crippen molar-refractivity contribution in [1.29, 1.82) is 0 Å².